The standard InChI is InChI=1S/C32H26O/c33-32(27-19-9-3-10-20-27,28-21-11-4-12-22-28)30-24-14-13-23-29(30)31(25-15-5-1-6-16-25)26-17-7-2-8-18-26/h1-24,31,33H. The van der Waals surface area contributed by atoms with Gasteiger partial charge in [0.25, 0.3) is 0 Å². The van der Waals surface area contributed by atoms with Gasteiger partial charge in [0.1, 0.15) is 5.60 Å². The van der Waals surface area contributed by atoms with E-state index >= 15 is 0 Å². The van der Waals surface area contributed by atoms with Gasteiger partial charge in [0.2, 0.25) is 0 Å². The van der Waals surface area contributed by atoms with Gasteiger partial charge in [-0.1, -0.05) is 146 Å². The second kappa shape index (κ2) is 9.28. The molecule has 0 saturated carbocycles. The molecular weight excluding hydrogens is 400 g/mol. The fourth-order valence-corrected chi connectivity index (χ4v) is 4.76. The zero-order valence-corrected chi connectivity index (χ0v) is 18.4. The van der Waals surface area contributed by atoms with Crippen molar-refractivity contribution in [3.05, 3.63) is 179 Å². The highest BCUT2D eigenvalue weighted by atomic mass is 16.3. The summed E-state index contributed by atoms with van der Waals surface area (Å²) in [5, 5.41) is 12.5. The Morgan fingerprint density at radius 1 is 0.424 bits per heavy atom. The van der Waals surface area contributed by atoms with Crippen LogP contribution < -0.4 is 0 Å². The van der Waals surface area contributed by atoms with E-state index in [1.54, 1.807) is 0 Å². The molecule has 5 aromatic carbocycles. The lowest BCUT2D eigenvalue weighted by molar-refractivity contribution is 0.124. The Hall–Kier alpha value is -3.94. The van der Waals surface area contributed by atoms with E-state index in [0.717, 1.165) is 22.3 Å². The van der Waals surface area contributed by atoms with Crippen LogP contribution in [0.1, 0.15) is 39.3 Å². The minimum Gasteiger partial charge on any atom is -0.376 e. The highest BCUT2D eigenvalue weighted by Gasteiger charge is 2.37. The van der Waals surface area contributed by atoms with E-state index in [1.165, 1.54) is 11.1 Å². The zero-order valence-electron chi connectivity index (χ0n) is 18.4. The van der Waals surface area contributed by atoms with Gasteiger partial charge in [-0.2, -0.15) is 0 Å². The summed E-state index contributed by atoms with van der Waals surface area (Å²) >= 11 is 0. The number of rotatable bonds is 6. The first kappa shape index (κ1) is 20.9. The third-order valence-corrected chi connectivity index (χ3v) is 6.31. The van der Waals surface area contributed by atoms with Crippen LogP contribution >= 0.6 is 0 Å². The molecule has 0 saturated heterocycles. The first-order chi connectivity index (χ1) is 16.3. The van der Waals surface area contributed by atoms with Gasteiger partial charge in [0.05, 0.1) is 0 Å². The molecule has 1 N–H and O–H groups in total. The van der Waals surface area contributed by atoms with Crippen LogP contribution in [-0.4, -0.2) is 5.11 Å². The Morgan fingerprint density at radius 2 is 0.788 bits per heavy atom. The Bertz CT molecular complexity index is 1220. The van der Waals surface area contributed by atoms with E-state index in [9.17, 15) is 5.11 Å². The summed E-state index contributed by atoms with van der Waals surface area (Å²) < 4.78 is 0. The molecule has 0 aromatic heterocycles. The van der Waals surface area contributed by atoms with Crippen LogP contribution in [0, 0.1) is 0 Å². The second-order valence-electron chi connectivity index (χ2n) is 8.28. The van der Waals surface area contributed by atoms with E-state index in [1.807, 2.05) is 78.9 Å². The smallest absolute Gasteiger partial charge is 0.140 e. The maximum atomic E-state index is 12.5. The average molecular weight is 427 g/mol. The highest BCUT2D eigenvalue weighted by molar-refractivity contribution is 5.55. The lowest BCUT2D eigenvalue weighted by Gasteiger charge is -2.34. The molecule has 0 aliphatic rings. The molecule has 0 aliphatic heterocycles. The van der Waals surface area contributed by atoms with Crippen molar-refractivity contribution in [3.8, 4) is 0 Å². The van der Waals surface area contributed by atoms with Crippen molar-refractivity contribution in [1.29, 1.82) is 0 Å². The van der Waals surface area contributed by atoms with Crippen LogP contribution in [0.15, 0.2) is 146 Å². The van der Waals surface area contributed by atoms with Gasteiger partial charge < -0.3 is 5.11 Å². The van der Waals surface area contributed by atoms with Crippen LogP contribution in [0.4, 0.5) is 0 Å². The molecule has 0 amide bonds. The van der Waals surface area contributed by atoms with Crippen molar-refractivity contribution in [2.24, 2.45) is 0 Å². The monoisotopic (exact) mass is 426 g/mol. The van der Waals surface area contributed by atoms with Crippen molar-refractivity contribution in [3.63, 3.8) is 0 Å². The lowest BCUT2D eigenvalue weighted by Crippen LogP contribution is -2.31. The molecule has 0 bridgehead atoms. The molecular formula is C32H26O. The van der Waals surface area contributed by atoms with E-state index in [2.05, 4.69) is 66.7 Å². The molecule has 160 valence electrons. The van der Waals surface area contributed by atoms with Crippen molar-refractivity contribution >= 4 is 0 Å². The largest absolute Gasteiger partial charge is 0.376 e. The summed E-state index contributed by atoms with van der Waals surface area (Å²) in [5.74, 6) is -0.0115. The van der Waals surface area contributed by atoms with Crippen LogP contribution in [-0.2, 0) is 5.60 Å². The molecule has 0 aliphatic carbocycles. The molecule has 5 rings (SSSR count). The Morgan fingerprint density at radius 3 is 1.24 bits per heavy atom. The molecule has 0 fully saturated rings. The predicted molar refractivity (Wildman–Crippen MR) is 135 cm³/mol. The maximum absolute atomic E-state index is 12.5. The zero-order chi connectivity index (χ0) is 22.5. The van der Waals surface area contributed by atoms with E-state index in [4.69, 9.17) is 0 Å². The number of benzene rings is 5. The van der Waals surface area contributed by atoms with Gasteiger partial charge >= 0.3 is 0 Å². The second-order valence-corrected chi connectivity index (χ2v) is 8.28. The Balaban J connectivity index is 1.80. The van der Waals surface area contributed by atoms with Crippen molar-refractivity contribution in [2.45, 2.75) is 11.5 Å². The fraction of sp³-hybridized carbons (Fsp3) is 0.0625. The number of aliphatic hydroxyl groups is 1. The molecule has 1 heteroatoms. The summed E-state index contributed by atoms with van der Waals surface area (Å²) in [4.78, 5) is 0. The molecule has 0 radical (unpaired) electrons. The normalized spacial score (nSPS) is 11.5. The minimum atomic E-state index is -1.29. The van der Waals surface area contributed by atoms with Crippen molar-refractivity contribution in [2.75, 3.05) is 0 Å². The molecule has 0 spiro atoms. The average Bonchev–Trinajstić information content (AvgIpc) is 2.91. The van der Waals surface area contributed by atoms with E-state index in [-0.39, 0.29) is 5.92 Å². The summed E-state index contributed by atoms with van der Waals surface area (Å²) in [6, 6.07) is 49.3. The highest BCUT2D eigenvalue weighted by Crippen LogP contribution is 2.43. The third kappa shape index (κ3) is 4.00. The SMILES string of the molecule is OC(c1ccccc1)(c1ccccc1)c1ccccc1C(c1ccccc1)c1ccccc1. The fourth-order valence-electron chi connectivity index (χ4n) is 4.76. The molecule has 0 heterocycles. The topological polar surface area (TPSA) is 20.2 Å². The molecule has 33 heavy (non-hydrogen) atoms. The van der Waals surface area contributed by atoms with Crippen LogP contribution in [0.3, 0.4) is 0 Å². The molecule has 0 unspecified atom stereocenters. The van der Waals surface area contributed by atoms with Gasteiger partial charge in [0, 0.05) is 5.92 Å². The summed E-state index contributed by atoms with van der Waals surface area (Å²) in [6.45, 7) is 0. The Labute approximate surface area is 195 Å². The van der Waals surface area contributed by atoms with Gasteiger partial charge in [-0.05, 0) is 33.4 Å². The maximum Gasteiger partial charge on any atom is 0.140 e. The summed E-state index contributed by atoms with van der Waals surface area (Å²) in [6.07, 6.45) is 0. The number of hydrogen-bond acceptors (Lipinski definition) is 1. The van der Waals surface area contributed by atoms with Crippen LogP contribution in [0.5, 0.6) is 0 Å². The first-order valence-electron chi connectivity index (χ1n) is 11.3. The van der Waals surface area contributed by atoms with Crippen LogP contribution in [0.25, 0.3) is 0 Å². The van der Waals surface area contributed by atoms with Crippen molar-refractivity contribution in [1.82, 2.24) is 0 Å². The van der Waals surface area contributed by atoms with Crippen LogP contribution in [0.2, 0.25) is 0 Å². The molecule has 1 nitrogen and oxygen atoms in total. The summed E-state index contributed by atoms with van der Waals surface area (Å²) in [5.41, 5.74) is 4.78. The number of hydrogen-bond donors (Lipinski definition) is 1. The minimum absolute atomic E-state index is 0.0115. The molecule has 0 atom stereocenters. The molecule has 5 aromatic rings. The lowest BCUT2D eigenvalue weighted by atomic mass is 9.73. The summed E-state index contributed by atoms with van der Waals surface area (Å²) in [7, 11) is 0. The van der Waals surface area contributed by atoms with Gasteiger partial charge in [-0.25, -0.2) is 0 Å². The van der Waals surface area contributed by atoms with Gasteiger partial charge in [-0.15, -0.1) is 0 Å². The van der Waals surface area contributed by atoms with Gasteiger partial charge in [0.15, 0.2) is 0 Å². The first-order valence-corrected chi connectivity index (χ1v) is 11.3. The quantitative estimate of drug-likeness (QED) is 0.286. The Kier molecular flexibility index (Phi) is 5.89. The van der Waals surface area contributed by atoms with E-state index < -0.39 is 5.60 Å². The predicted octanol–water partition coefficient (Wildman–Crippen LogP) is 7.15. The van der Waals surface area contributed by atoms with Crippen molar-refractivity contribution < 1.29 is 5.11 Å². The van der Waals surface area contributed by atoms with Gasteiger partial charge in [-0.3, -0.25) is 0 Å². The third-order valence-electron chi connectivity index (χ3n) is 6.31. The van der Waals surface area contributed by atoms with E-state index in [0.29, 0.717) is 0 Å².